The maximum atomic E-state index is 13.0. The number of anilines is 1. The standard InChI is InChI=1S/C21H24N2O2/c1-15-8-7-10-17(14-15)20(24)22-19-12-4-3-11-18(19)21(25)23-13-6-5-9-16(23)2/h3-4,7-8,10-12,14,16H,5-6,9,13H2,1-2H3,(H,22,24). The smallest absolute Gasteiger partial charge is 0.256 e. The number of hydrogen-bond donors (Lipinski definition) is 1. The van der Waals surface area contributed by atoms with Gasteiger partial charge in [-0.1, -0.05) is 29.8 Å². The molecule has 0 saturated carbocycles. The molecule has 1 N–H and O–H groups in total. The van der Waals surface area contributed by atoms with Gasteiger partial charge in [0, 0.05) is 18.2 Å². The van der Waals surface area contributed by atoms with Crippen molar-refractivity contribution in [2.24, 2.45) is 0 Å². The fraction of sp³-hybridized carbons (Fsp3) is 0.333. The molecule has 1 aliphatic heterocycles. The molecule has 1 saturated heterocycles. The lowest BCUT2D eigenvalue weighted by molar-refractivity contribution is 0.0636. The average Bonchev–Trinajstić information content (AvgIpc) is 2.62. The molecule has 0 aromatic heterocycles. The summed E-state index contributed by atoms with van der Waals surface area (Å²) in [5, 5.41) is 2.90. The molecule has 25 heavy (non-hydrogen) atoms. The molecule has 3 rings (SSSR count). The molecule has 1 heterocycles. The molecule has 1 aliphatic rings. The number of nitrogens with zero attached hydrogens (tertiary/aromatic N) is 1. The Bertz CT molecular complexity index is 785. The molecular weight excluding hydrogens is 312 g/mol. The highest BCUT2D eigenvalue weighted by atomic mass is 16.2. The van der Waals surface area contributed by atoms with Gasteiger partial charge in [-0.2, -0.15) is 0 Å². The van der Waals surface area contributed by atoms with Crippen LogP contribution in [0.4, 0.5) is 5.69 Å². The second-order valence-electron chi connectivity index (χ2n) is 6.71. The van der Waals surface area contributed by atoms with E-state index in [-0.39, 0.29) is 17.9 Å². The Balaban J connectivity index is 1.83. The summed E-state index contributed by atoms with van der Waals surface area (Å²) in [7, 11) is 0. The van der Waals surface area contributed by atoms with Crippen LogP contribution in [0.15, 0.2) is 48.5 Å². The first kappa shape index (κ1) is 17.2. The van der Waals surface area contributed by atoms with Crippen LogP contribution in [0.25, 0.3) is 0 Å². The summed E-state index contributed by atoms with van der Waals surface area (Å²) in [6.07, 6.45) is 3.23. The summed E-state index contributed by atoms with van der Waals surface area (Å²) < 4.78 is 0. The van der Waals surface area contributed by atoms with E-state index in [1.54, 1.807) is 18.2 Å². The minimum absolute atomic E-state index is 0.00709. The molecule has 4 heteroatoms. The summed E-state index contributed by atoms with van der Waals surface area (Å²) in [5.74, 6) is -0.206. The topological polar surface area (TPSA) is 49.4 Å². The number of carbonyl (C=O) groups excluding carboxylic acids is 2. The van der Waals surface area contributed by atoms with Crippen molar-refractivity contribution in [3.8, 4) is 0 Å². The zero-order valence-corrected chi connectivity index (χ0v) is 14.8. The number of benzene rings is 2. The monoisotopic (exact) mass is 336 g/mol. The van der Waals surface area contributed by atoms with Crippen LogP contribution >= 0.6 is 0 Å². The summed E-state index contributed by atoms with van der Waals surface area (Å²) in [4.78, 5) is 27.4. The predicted octanol–water partition coefficient (Wildman–Crippen LogP) is 4.26. The Hall–Kier alpha value is -2.62. The van der Waals surface area contributed by atoms with Gasteiger partial charge in [0.1, 0.15) is 0 Å². The molecule has 1 unspecified atom stereocenters. The lowest BCUT2D eigenvalue weighted by Crippen LogP contribution is -2.42. The first-order valence-corrected chi connectivity index (χ1v) is 8.84. The maximum absolute atomic E-state index is 13.0. The van der Waals surface area contributed by atoms with Crippen LogP contribution in [-0.4, -0.2) is 29.3 Å². The van der Waals surface area contributed by atoms with Crippen molar-refractivity contribution < 1.29 is 9.59 Å². The van der Waals surface area contributed by atoms with Gasteiger partial charge in [0.05, 0.1) is 11.3 Å². The van der Waals surface area contributed by atoms with E-state index in [0.29, 0.717) is 16.8 Å². The second kappa shape index (κ2) is 7.51. The van der Waals surface area contributed by atoms with Crippen molar-refractivity contribution in [1.82, 2.24) is 4.90 Å². The van der Waals surface area contributed by atoms with E-state index in [1.807, 2.05) is 42.2 Å². The molecule has 0 bridgehead atoms. The molecule has 2 aromatic rings. The maximum Gasteiger partial charge on any atom is 0.256 e. The van der Waals surface area contributed by atoms with Crippen LogP contribution in [0.1, 0.15) is 52.5 Å². The molecule has 0 aliphatic carbocycles. The van der Waals surface area contributed by atoms with Crippen LogP contribution in [0.5, 0.6) is 0 Å². The third-order valence-corrected chi connectivity index (χ3v) is 4.75. The van der Waals surface area contributed by atoms with Gasteiger partial charge < -0.3 is 10.2 Å². The van der Waals surface area contributed by atoms with E-state index in [0.717, 1.165) is 31.4 Å². The third-order valence-electron chi connectivity index (χ3n) is 4.75. The minimum atomic E-state index is -0.198. The Morgan fingerprint density at radius 2 is 1.88 bits per heavy atom. The molecular formula is C21H24N2O2. The van der Waals surface area contributed by atoms with Crippen LogP contribution in [0.3, 0.4) is 0 Å². The van der Waals surface area contributed by atoms with Gasteiger partial charge in [-0.3, -0.25) is 9.59 Å². The Morgan fingerprint density at radius 1 is 1.08 bits per heavy atom. The highest BCUT2D eigenvalue weighted by Crippen LogP contribution is 2.23. The Kier molecular flexibility index (Phi) is 5.17. The number of carbonyl (C=O) groups is 2. The van der Waals surface area contributed by atoms with E-state index in [9.17, 15) is 9.59 Å². The van der Waals surface area contributed by atoms with Crippen molar-refractivity contribution >= 4 is 17.5 Å². The molecule has 1 atom stereocenters. The minimum Gasteiger partial charge on any atom is -0.336 e. The number of likely N-dealkylation sites (tertiary alicyclic amines) is 1. The van der Waals surface area contributed by atoms with E-state index in [2.05, 4.69) is 12.2 Å². The van der Waals surface area contributed by atoms with Crippen molar-refractivity contribution in [2.45, 2.75) is 39.2 Å². The van der Waals surface area contributed by atoms with E-state index < -0.39 is 0 Å². The second-order valence-corrected chi connectivity index (χ2v) is 6.71. The number of piperidine rings is 1. The molecule has 0 spiro atoms. The highest BCUT2D eigenvalue weighted by molar-refractivity contribution is 6.09. The number of hydrogen-bond acceptors (Lipinski definition) is 2. The summed E-state index contributed by atoms with van der Waals surface area (Å²) in [6.45, 7) is 4.82. The molecule has 0 radical (unpaired) electrons. The summed E-state index contributed by atoms with van der Waals surface area (Å²) >= 11 is 0. The fourth-order valence-electron chi connectivity index (χ4n) is 3.31. The van der Waals surface area contributed by atoms with Gasteiger partial charge in [-0.15, -0.1) is 0 Å². The number of para-hydroxylation sites is 1. The summed E-state index contributed by atoms with van der Waals surface area (Å²) in [6, 6.07) is 14.9. The van der Waals surface area contributed by atoms with Gasteiger partial charge in [-0.25, -0.2) is 0 Å². The molecule has 130 valence electrons. The molecule has 4 nitrogen and oxygen atoms in total. The van der Waals surface area contributed by atoms with E-state index in [4.69, 9.17) is 0 Å². The van der Waals surface area contributed by atoms with E-state index >= 15 is 0 Å². The lowest BCUT2D eigenvalue weighted by Gasteiger charge is -2.33. The zero-order chi connectivity index (χ0) is 17.8. The van der Waals surface area contributed by atoms with Gasteiger partial charge in [0.2, 0.25) is 0 Å². The number of amides is 2. The van der Waals surface area contributed by atoms with Crippen LogP contribution < -0.4 is 5.32 Å². The number of aryl methyl sites for hydroxylation is 1. The van der Waals surface area contributed by atoms with Gasteiger partial charge in [0.25, 0.3) is 11.8 Å². The first-order valence-electron chi connectivity index (χ1n) is 8.84. The van der Waals surface area contributed by atoms with Crippen molar-refractivity contribution in [1.29, 1.82) is 0 Å². The Labute approximate surface area is 148 Å². The largest absolute Gasteiger partial charge is 0.336 e. The first-order chi connectivity index (χ1) is 12.1. The quantitative estimate of drug-likeness (QED) is 0.910. The average molecular weight is 336 g/mol. The summed E-state index contributed by atoms with van der Waals surface area (Å²) in [5.41, 5.74) is 2.74. The Morgan fingerprint density at radius 3 is 2.64 bits per heavy atom. The molecule has 2 amide bonds. The van der Waals surface area contributed by atoms with Crippen LogP contribution in [-0.2, 0) is 0 Å². The van der Waals surface area contributed by atoms with Crippen LogP contribution in [0, 0.1) is 6.92 Å². The predicted molar refractivity (Wildman–Crippen MR) is 99.9 cm³/mol. The lowest BCUT2D eigenvalue weighted by atomic mass is 10.0. The van der Waals surface area contributed by atoms with Crippen molar-refractivity contribution in [3.05, 3.63) is 65.2 Å². The molecule has 2 aromatic carbocycles. The fourth-order valence-corrected chi connectivity index (χ4v) is 3.31. The van der Waals surface area contributed by atoms with Crippen LogP contribution in [0.2, 0.25) is 0 Å². The van der Waals surface area contributed by atoms with Gasteiger partial charge in [0.15, 0.2) is 0 Å². The molecule has 1 fully saturated rings. The SMILES string of the molecule is Cc1cccc(C(=O)Nc2ccccc2C(=O)N2CCCCC2C)c1. The zero-order valence-electron chi connectivity index (χ0n) is 14.8. The van der Waals surface area contributed by atoms with E-state index in [1.165, 1.54) is 0 Å². The van der Waals surface area contributed by atoms with Gasteiger partial charge in [-0.05, 0) is 57.4 Å². The van der Waals surface area contributed by atoms with Crippen molar-refractivity contribution in [2.75, 3.05) is 11.9 Å². The normalized spacial score (nSPS) is 17.2. The third kappa shape index (κ3) is 3.90. The number of nitrogens with one attached hydrogen (secondary N) is 1. The highest BCUT2D eigenvalue weighted by Gasteiger charge is 2.26. The number of rotatable bonds is 3. The van der Waals surface area contributed by atoms with Crippen molar-refractivity contribution in [3.63, 3.8) is 0 Å². The van der Waals surface area contributed by atoms with Gasteiger partial charge >= 0.3 is 0 Å².